The lowest BCUT2D eigenvalue weighted by Crippen LogP contribution is -2.48. The van der Waals surface area contributed by atoms with Crippen molar-refractivity contribution in [2.45, 2.75) is 35.7 Å². The van der Waals surface area contributed by atoms with Gasteiger partial charge in [0.05, 0.1) is 5.92 Å². The van der Waals surface area contributed by atoms with Crippen molar-refractivity contribution in [2.24, 2.45) is 11.7 Å². The van der Waals surface area contributed by atoms with Gasteiger partial charge in [-0.25, -0.2) is 4.98 Å². The molecular formula is C19H21N3O2S. The number of hydrogen-bond acceptors (Lipinski definition) is 4. The maximum absolute atomic E-state index is 12.8. The Hall–Kier alpha value is -2.34. The lowest BCUT2D eigenvalue weighted by atomic mass is 9.92. The van der Waals surface area contributed by atoms with Gasteiger partial charge in [0.15, 0.2) is 0 Å². The number of aromatic nitrogens is 1. The van der Waals surface area contributed by atoms with E-state index in [9.17, 15) is 9.59 Å². The third-order valence-electron chi connectivity index (χ3n) is 4.51. The summed E-state index contributed by atoms with van der Waals surface area (Å²) in [5.74, 6) is -0.626. The summed E-state index contributed by atoms with van der Waals surface area (Å²) in [6.07, 6.45) is 3.31. The number of amides is 2. The van der Waals surface area contributed by atoms with Crippen molar-refractivity contribution in [1.29, 1.82) is 0 Å². The van der Waals surface area contributed by atoms with Gasteiger partial charge in [-0.15, -0.1) is 0 Å². The van der Waals surface area contributed by atoms with Gasteiger partial charge in [0.25, 0.3) is 5.91 Å². The minimum atomic E-state index is -0.327. The zero-order valence-electron chi connectivity index (χ0n) is 14.1. The van der Waals surface area contributed by atoms with Crippen molar-refractivity contribution in [3.05, 3.63) is 54.2 Å². The van der Waals surface area contributed by atoms with Crippen LogP contribution >= 0.6 is 11.8 Å². The molecule has 0 unspecified atom stereocenters. The van der Waals surface area contributed by atoms with E-state index in [1.165, 1.54) is 0 Å². The number of carbonyl (C=O) groups excluding carboxylic acids is 2. The molecule has 2 atom stereocenters. The normalized spacial score (nSPS) is 20.3. The van der Waals surface area contributed by atoms with Gasteiger partial charge in [-0.1, -0.05) is 17.8 Å². The van der Waals surface area contributed by atoms with Crippen LogP contribution in [0.2, 0.25) is 0 Å². The predicted molar refractivity (Wildman–Crippen MR) is 97.2 cm³/mol. The molecule has 3 rings (SSSR count). The highest BCUT2D eigenvalue weighted by atomic mass is 32.2. The molecule has 1 aliphatic heterocycles. The van der Waals surface area contributed by atoms with E-state index in [1.807, 2.05) is 49.4 Å². The fraction of sp³-hybridized carbons (Fsp3) is 0.316. The Labute approximate surface area is 151 Å². The van der Waals surface area contributed by atoms with E-state index in [-0.39, 0.29) is 23.8 Å². The van der Waals surface area contributed by atoms with Crippen LogP contribution in [0.25, 0.3) is 0 Å². The lowest BCUT2D eigenvalue weighted by Gasteiger charge is -2.37. The van der Waals surface area contributed by atoms with Crippen LogP contribution in [0, 0.1) is 5.92 Å². The Bertz CT molecular complexity index is 749. The highest BCUT2D eigenvalue weighted by Gasteiger charge is 2.32. The molecule has 1 aromatic carbocycles. The van der Waals surface area contributed by atoms with Crippen LogP contribution in [0.5, 0.6) is 0 Å². The van der Waals surface area contributed by atoms with E-state index in [2.05, 4.69) is 4.98 Å². The van der Waals surface area contributed by atoms with E-state index in [1.54, 1.807) is 22.9 Å². The summed E-state index contributed by atoms with van der Waals surface area (Å²) in [7, 11) is 0. The second-order valence-electron chi connectivity index (χ2n) is 6.28. The largest absolute Gasteiger partial charge is 0.369 e. The predicted octanol–water partition coefficient (Wildman–Crippen LogP) is 2.96. The summed E-state index contributed by atoms with van der Waals surface area (Å²) in [6, 6.07) is 13.4. The van der Waals surface area contributed by atoms with Crippen molar-refractivity contribution >= 4 is 23.6 Å². The van der Waals surface area contributed by atoms with Crippen molar-refractivity contribution in [3.8, 4) is 0 Å². The molecule has 2 amide bonds. The summed E-state index contributed by atoms with van der Waals surface area (Å²) in [6.45, 7) is 2.42. The van der Waals surface area contributed by atoms with Crippen molar-refractivity contribution in [1.82, 2.24) is 9.88 Å². The molecule has 0 radical (unpaired) electrons. The summed E-state index contributed by atoms with van der Waals surface area (Å²) >= 11 is 1.55. The number of piperidine rings is 1. The van der Waals surface area contributed by atoms with E-state index in [0.29, 0.717) is 12.1 Å². The first-order valence-electron chi connectivity index (χ1n) is 8.34. The minimum Gasteiger partial charge on any atom is -0.369 e. The number of carbonyl (C=O) groups is 2. The molecule has 2 heterocycles. The lowest BCUT2D eigenvalue weighted by molar-refractivity contribution is -0.123. The van der Waals surface area contributed by atoms with E-state index in [0.717, 1.165) is 22.8 Å². The molecule has 1 aromatic heterocycles. The second kappa shape index (κ2) is 7.70. The first-order valence-corrected chi connectivity index (χ1v) is 9.15. The van der Waals surface area contributed by atoms with Crippen molar-refractivity contribution in [2.75, 3.05) is 6.54 Å². The highest BCUT2D eigenvalue weighted by Crippen LogP contribution is 2.27. The fourth-order valence-electron chi connectivity index (χ4n) is 2.98. The first kappa shape index (κ1) is 17.5. The van der Waals surface area contributed by atoms with E-state index in [4.69, 9.17) is 5.73 Å². The molecule has 0 aliphatic carbocycles. The Morgan fingerprint density at radius 1 is 1.16 bits per heavy atom. The number of rotatable bonds is 4. The summed E-state index contributed by atoms with van der Waals surface area (Å²) in [5.41, 5.74) is 6.05. The van der Waals surface area contributed by atoms with Gasteiger partial charge < -0.3 is 10.6 Å². The van der Waals surface area contributed by atoms with Gasteiger partial charge in [-0.2, -0.15) is 0 Å². The Kier molecular flexibility index (Phi) is 5.38. The van der Waals surface area contributed by atoms with Gasteiger partial charge in [0.2, 0.25) is 5.91 Å². The molecule has 0 bridgehead atoms. The van der Waals surface area contributed by atoms with Gasteiger partial charge in [0.1, 0.15) is 5.03 Å². The highest BCUT2D eigenvalue weighted by molar-refractivity contribution is 7.99. The number of likely N-dealkylation sites (tertiary alicyclic amines) is 1. The number of nitrogens with two attached hydrogens (primary N) is 1. The van der Waals surface area contributed by atoms with Crippen LogP contribution in [-0.4, -0.2) is 34.3 Å². The molecule has 5 nitrogen and oxygen atoms in total. The molecule has 25 heavy (non-hydrogen) atoms. The Morgan fingerprint density at radius 3 is 2.56 bits per heavy atom. The number of pyridine rings is 1. The zero-order valence-corrected chi connectivity index (χ0v) is 14.9. The third kappa shape index (κ3) is 4.20. The van der Waals surface area contributed by atoms with Crippen LogP contribution < -0.4 is 5.73 Å². The van der Waals surface area contributed by atoms with Gasteiger partial charge >= 0.3 is 0 Å². The average molecular weight is 355 g/mol. The van der Waals surface area contributed by atoms with Crippen LogP contribution in [0.4, 0.5) is 0 Å². The maximum Gasteiger partial charge on any atom is 0.254 e. The van der Waals surface area contributed by atoms with E-state index >= 15 is 0 Å². The monoisotopic (exact) mass is 355 g/mol. The first-order chi connectivity index (χ1) is 12.0. The molecule has 1 saturated heterocycles. The average Bonchev–Trinajstić information content (AvgIpc) is 2.63. The summed E-state index contributed by atoms with van der Waals surface area (Å²) in [4.78, 5) is 31.3. The fourth-order valence-corrected chi connectivity index (χ4v) is 3.76. The molecule has 0 spiro atoms. The standard InChI is InChI=1S/C19H21N3O2S/c1-13-5-6-15(18(20)23)12-22(13)19(24)14-7-9-16(10-8-14)25-17-4-2-3-11-21-17/h2-4,7-11,13,15H,5-6,12H2,1H3,(H2,20,23)/t13-,15-/m1/s1. The quantitative estimate of drug-likeness (QED) is 0.915. The zero-order chi connectivity index (χ0) is 17.8. The molecule has 2 aromatic rings. The second-order valence-corrected chi connectivity index (χ2v) is 7.37. The summed E-state index contributed by atoms with van der Waals surface area (Å²) in [5, 5.41) is 0.913. The molecular weight excluding hydrogens is 334 g/mol. The van der Waals surface area contributed by atoms with Crippen LogP contribution in [0.1, 0.15) is 30.1 Å². The number of nitrogens with zero attached hydrogens (tertiary/aromatic N) is 2. The van der Waals surface area contributed by atoms with Crippen molar-refractivity contribution in [3.63, 3.8) is 0 Å². The van der Waals surface area contributed by atoms with Crippen molar-refractivity contribution < 1.29 is 9.59 Å². The molecule has 1 fully saturated rings. The van der Waals surface area contributed by atoms with Gasteiger partial charge in [0, 0.05) is 29.2 Å². The molecule has 130 valence electrons. The Morgan fingerprint density at radius 2 is 1.92 bits per heavy atom. The molecule has 1 aliphatic rings. The summed E-state index contributed by atoms with van der Waals surface area (Å²) < 4.78 is 0. The molecule has 2 N–H and O–H groups in total. The molecule has 6 heteroatoms. The third-order valence-corrected chi connectivity index (χ3v) is 5.47. The van der Waals surface area contributed by atoms with Crippen LogP contribution in [0.15, 0.2) is 58.6 Å². The maximum atomic E-state index is 12.8. The number of benzene rings is 1. The molecule has 0 saturated carbocycles. The Balaban J connectivity index is 1.70. The number of primary amides is 1. The number of hydrogen-bond donors (Lipinski definition) is 1. The van der Waals surface area contributed by atoms with E-state index < -0.39 is 0 Å². The van der Waals surface area contributed by atoms with Crippen LogP contribution in [0.3, 0.4) is 0 Å². The topological polar surface area (TPSA) is 76.3 Å². The van der Waals surface area contributed by atoms with Gasteiger partial charge in [-0.05, 0) is 56.2 Å². The smallest absolute Gasteiger partial charge is 0.254 e. The van der Waals surface area contributed by atoms with Crippen LogP contribution in [-0.2, 0) is 4.79 Å². The minimum absolute atomic E-state index is 0.0483. The van der Waals surface area contributed by atoms with Gasteiger partial charge in [-0.3, -0.25) is 9.59 Å². The SMILES string of the molecule is C[C@@H]1CC[C@@H](C(N)=O)CN1C(=O)c1ccc(Sc2ccccn2)cc1.